The molecule has 0 fully saturated rings. The van der Waals surface area contributed by atoms with Crippen LogP contribution in [-0.2, 0) is 4.79 Å². The lowest BCUT2D eigenvalue weighted by Crippen LogP contribution is -2.40. The van der Waals surface area contributed by atoms with Crippen LogP contribution in [-0.4, -0.2) is 27.1 Å². The van der Waals surface area contributed by atoms with E-state index in [0.29, 0.717) is 13.0 Å². The summed E-state index contributed by atoms with van der Waals surface area (Å²) in [6.45, 7) is 6.61. The molecule has 0 N–H and O–H groups in total. The van der Waals surface area contributed by atoms with E-state index in [1.165, 1.54) is 0 Å². The molecule has 0 aliphatic carbocycles. The maximum Gasteiger partial charge on any atom is 0.241 e. The lowest BCUT2D eigenvalue weighted by Gasteiger charge is -2.23. The molecule has 0 aliphatic rings. The first-order chi connectivity index (χ1) is 10.2. The van der Waals surface area contributed by atoms with Gasteiger partial charge in [-0.25, -0.2) is 14.7 Å². The van der Waals surface area contributed by atoms with Crippen molar-refractivity contribution < 1.29 is 4.79 Å². The molecule has 5 nitrogen and oxygen atoms in total. The number of carbonyl (C=O) groups excluding carboxylic acids is 1. The average Bonchev–Trinajstić information content (AvgIpc) is 2.89. The van der Waals surface area contributed by atoms with Crippen molar-refractivity contribution in [1.29, 1.82) is 0 Å². The number of rotatable bonds is 6. The molecule has 0 unspecified atom stereocenters. The smallest absolute Gasteiger partial charge is 0.241 e. The van der Waals surface area contributed by atoms with Crippen LogP contribution in [0.5, 0.6) is 0 Å². The van der Waals surface area contributed by atoms with Crippen molar-refractivity contribution in [2.45, 2.75) is 47.5 Å². The molecule has 22 heavy (non-hydrogen) atoms. The van der Waals surface area contributed by atoms with Gasteiger partial charge in [0, 0.05) is 30.9 Å². The first kappa shape index (κ1) is 17.9. The van der Waals surface area contributed by atoms with Gasteiger partial charge in [-0.1, -0.05) is 20.8 Å². The Balaban J connectivity index is 0.00000242. The lowest BCUT2D eigenvalue weighted by atomic mass is 10.2. The predicted molar refractivity (Wildman–Crippen MR) is 90.2 cm³/mol. The van der Waals surface area contributed by atoms with Gasteiger partial charge in [0.2, 0.25) is 5.91 Å². The summed E-state index contributed by atoms with van der Waals surface area (Å²) >= 11 is 0. The number of carbonyl (C=O) groups is 1. The number of unbranched alkanes of at least 4 members (excludes halogenated alkanes) is 1. The van der Waals surface area contributed by atoms with Gasteiger partial charge in [-0.15, -0.1) is 0 Å². The molecule has 0 bridgehead atoms. The third kappa shape index (κ3) is 3.93. The Bertz CT molecular complexity index is 592. The highest BCUT2D eigenvalue weighted by Gasteiger charge is 2.16. The Kier molecular flexibility index (Phi) is 6.76. The molecule has 0 saturated heterocycles. The fourth-order valence-corrected chi connectivity index (χ4v) is 2.27. The van der Waals surface area contributed by atoms with E-state index in [1.807, 2.05) is 36.9 Å². The standard InChI is InChI=1S/C16H22N4O.CH4/c1-4-6-9-16(21)19(5-2)20-12-15(18-13(20)3)14-8-7-10-17-11-14;/h7-8,10-12H,4-6,9H2,1-3H3;1H4. The van der Waals surface area contributed by atoms with Crippen molar-refractivity contribution in [1.82, 2.24) is 14.6 Å². The van der Waals surface area contributed by atoms with Crippen LogP contribution in [0.1, 0.15) is 46.4 Å². The van der Waals surface area contributed by atoms with E-state index in [2.05, 4.69) is 16.9 Å². The van der Waals surface area contributed by atoms with Crippen LogP contribution >= 0.6 is 0 Å². The first-order valence-corrected chi connectivity index (χ1v) is 7.44. The van der Waals surface area contributed by atoms with Gasteiger partial charge >= 0.3 is 0 Å². The van der Waals surface area contributed by atoms with Crippen molar-refractivity contribution in [2.24, 2.45) is 0 Å². The van der Waals surface area contributed by atoms with Crippen LogP contribution in [0, 0.1) is 6.92 Å². The molecule has 0 atom stereocenters. The molecule has 120 valence electrons. The summed E-state index contributed by atoms with van der Waals surface area (Å²) in [5, 5.41) is 1.75. The topological polar surface area (TPSA) is 51.0 Å². The molecule has 2 aromatic rings. The summed E-state index contributed by atoms with van der Waals surface area (Å²) in [5.74, 6) is 0.943. The second-order valence-electron chi connectivity index (χ2n) is 4.97. The highest BCUT2D eigenvalue weighted by molar-refractivity contribution is 5.86. The Morgan fingerprint density at radius 3 is 2.73 bits per heavy atom. The minimum Gasteiger partial charge on any atom is -0.273 e. The van der Waals surface area contributed by atoms with E-state index < -0.39 is 0 Å². The molecular weight excluding hydrogens is 276 g/mol. The van der Waals surface area contributed by atoms with E-state index in [1.54, 1.807) is 17.4 Å². The minimum atomic E-state index is 0. The fraction of sp³-hybridized carbons (Fsp3) is 0.471. The second kappa shape index (κ2) is 8.32. The molecule has 0 spiro atoms. The molecule has 0 aromatic carbocycles. The monoisotopic (exact) mass is 302 g/mol. The van der Waals surface area contributed by atoms with Crippen LogP contribution in [0.25, 0.3) is 11.3 Å². The third-order valence-electron chi connectivity index (χ3n) is 3.41. The van der Waals surface area contributed by atoms with Crippen LogP contribution in [0.15, 0.2) is 30.7 Å². The molecule has 2 heterocycles. The highest BCUT2D eigenvalue weighted by Crippen LogP contribution is 2.17. The summed E-state index contributed by atoms with van der Waals surface area (Å²) in [6.07, 6.45) is 7.93. The number of amides is 1. The van der Waals surface area contributed by atoms with Gasteiger partial charge < -0.3 is 0 Å². The van der Waals surface area contributed by atoms with Crippen LogP contribution in [0.4, 0.5) is 0 Å². The molecule has 2 aromatic heterocycles. The zero-order valence-corrected chi connectivity index (χ0v) is 12.9. The Morgan fingerprint density at radius 2 is 2.14 bits per heavy atom. The number of imidazole rings is 1. The Hall–Kier alpha value is -2.17. The number of hydrogen-bond acceptors (Lipinski definition) is 3. The van der Waals surface area contributed by atoms with Crippen molar-refractivity contribution in [3.8, 4) is 11.3 Å². The SMILES string of the molecule is C.CCCCC(=O)N(CC)n1cc(-c2cccnc2)nc1C. The number of aromatic nitrogens is 3. The van der Waals surface area contributed by atoms with E-state index in [9.17, 15) is 4.79 Å². The molecule has 2 rings (SSSR count). The van der Waals surface area contributed by atoms with E-state index in [-0.39, 0.29) is 13.3 Å². The third-order valence-corrected chi connectivity index (χ3v) is 3.41. The highest BCUT2D eigenvalue weighted by atomic mass is 16.2. The van der Waals surface area contributed by atoms with E-state index in [0.717, 1.165) is 29.9 Å². The molecule has 0 saturated carbocycles. The molecule has 5 heteroatoms. The first-order valence-electron chi connectivity index (χ1n) is 7.44. The van der Waals surface area contributed by atoms with Crippen LogP contribution in [0.2, 0.25) is 0 Å². The Labute approximate surface area is 133 Å². The molecule has 1 amide bonds. The van der Waals surface area contributed by atoms with Gasteiger partial charge in [-0.05, 0) is 32.4 Å². The average molecular weight is 302 g/mol. The minimum absolute atomic E-state index is 0. The maximum atomic E-state index is 12.3. The maximum absolute atomic E-state index is 12.3. The fourth-order valence-electron chi connectivity index (χ4n) is 2.27. The largest absolute Gasteiger partial charge is 0.273 e. The van der Waals surface area contributed by atoms with Crippen molar-refractivity contribution >= 4 is 5.91 Å². The van der Waals surface area contributed by atoms with Gasteiger partial charge in [-0.2, -0.15) is 0 Å². The zero-order valence-electron chi connectivity index (χ0n) is 12.9. The predicted octanol–water partition coefficient (Wildman–Crippen LogP) is 3.56. The van der Waals surface area contributed by atoms with E-state index in [4.69, 9.17) is 0 Å². The van der Waals surface area contributed by atoms with Gasteiger partial charge in [0.15, 0.2) is 0 Å². The summed E-state index contributed by atoms with van der Waals surface area (Å²) in [7, 11) is 0. The quantitative estimate of drug-likeness (QED) is 0.819. The summed E-state index contributed by atoms with van der Waals surface area (Å²) in [4.78, 5) is 20.9. The number of nitrogens with zero attached hydrogens (tertiary/aromatic N) is 4. The second-order valence-corrected chi connectivity index (χ2v) is 4.97. The molecule has 0 aliphatic heterocycles. The van der Waals surface area contributed by atoms with Crippen molar-refractivity contribution in [3.05, 3.63) is 36.5 Å². The molecule has 0 radical (unpaired) electrons. The van der Waals surface area contributed by atoms with Crippen molar-refractivity contribution in [3.63, 3.8) is 0 Å². The van der Waals surface area contributed by atoms with Gasteiger partial charge in [0.25, 0.3) is 0 Å². The number of aryl methyl sites for hydroxylation is 1. The zero-order chi connectivity index (χ0) is 15.2. The van der Waals surface area contributed by atoms with E-state index >= 15 is 0 Å². The summed E-state index contributed by atoms with van der Waals surface area (Å²) < 4.78 is 1.85. The number of pyridine rings is 1. The number of hydrogen-bond donors (Lipinski definition) is 0. The van der Waals surface area contributed by atoms with Gasteiger partial charge in [0.05, 0.1) is 11.9 Å². The molecular formula is C17H26N4O. The Morgan fingerprint density at radius 1 is 1.36 bits per heavy atom. The summed E-state index contributed by atoms with van der Waals surface area (Å²) in [6, 6.07) is 3.85. The van der Waals surface area contributed by atoms with Gasteiger partial charge in [0.1, 0.15) is 5.82 Å². The van der Waals surface area contributed by atoms with Crippen molar-refractivity contribution in [2.75, 3.05) is 11.6 Å². The lowest BCUT2D eigenvalue weighted by molar-refractivity contribution is -0.120. The normalized spacial score (nSPS) is 10.1. The van der Waals surface area contributed by atoms with Crippen LogP contribution in [0.3, 0.4) is 0 Å². The van der Waals surface area contributed by atoms with Gasteiger partial charge in [-0.3, -0.25) is 9.78 Å². The van der Waals surface area contributed by atoms with Crippen LogP contribution < -0.4 is 5.01 Å². The summed E-state index contributed by atoms with van der Waals surface area (Å²) in [5.41, 5.74) is 1.79.